The second kappa shape index (κ2) is 9.64. The Morgan fingerprint density at radius 2 is 2.23 bits per heavy atom. The van der Waals surface area contributed by atoms with Crippen LogP contribution in [0.1, 0.15) is 18.1 Å². The summed E-state index contributed by atoms with van der Waals surface area (Å²) in [6.45, 7) is 3.27. The lowest BCUT2D eigenvalue weighted by molar-refractivity contribution is -0.00801. The molecule has 0 radical (unpaired) electrons. The van der Waals surface area contributed by atoms with Crippen molar-refractivity contribution in [3.05, 3.63) is 48.3 Å². The van der Waals surface area contributed by atoms with E-state index in [0.29, 0.717) is 6.61 Å². The van der Waals surface area contributed by atoms with E-state index in [1.807, 2.05) is 42.9 Å². The minimum atomic E-state index is 0.0460. The van der Waals surface area contributed by atoms with Crippen LogP contribution in [0.2, 0.25) is 0 Å². The van der Waals surface area contributed by atoms with Gasteiger partial charge in [0, 0.05) is 43.8 Å². The second-order valence-corrected chi connectivity index (χ2v) is 7.41. The lowest BCUT2D eigenvalue weighted by atomic mass is 10.1. The predicted molar refractivity (Wildman–Crippen MR) is 107 cm³/mol. The fourth-order valence-electron chi connectivity index (χ4n) is 2.96. The highest BCUT2D eigenvalue weighted by molar-refractivity contribution is 7.99. The molecule has 0 bridgehead atoms. The van der Waals surface area contributed by atoms with Gasteiger partial charge in [0.2, 0.25) is 0 Å². The first kappa shape index (κ1) is 18.8. The van der Waals surface area contributed by atoms with Crippen molar-refractivity contribution in [1.82, 2.24) is 20.0 Å². The number of hydrogen-bond acceptors (Lipinski definition) is 4. The molecule has 2 heterocycles. The van der Waals surface area contributed by atoms with Crippen molar-refractivity contribution in [3.8, 4) is 0 Å². The minimum absolute atomic E-state index is 0.0460. The maximum Gasteiger partial charge on any atom is 0.193 e. The highest BCUT2D eigenvalue weighted by Gasteiger charge is 2.24. The van der Waals surface area contributed by atoms with Gasteiger partial charge < -0.3 is 15.0 Å². The van der Waals surface area contributed by atoms with Gasteiger partial charge in [0.25, 0.3) is 0 Å². The number of benzene rings is 1. The third-order valence-corrected chi connectivity index (χ3v) is 5.39. The van der Waals surface area contributed by atoms with Gasteiger partial charge in [-0.05, 0) is 24.3 Å². The molecule has 6 nitrogen and oxygen atoms in total. The Balaban J connectivity index is 1.43. The first-order valence-corrected chi connectivity index (χ1v) is 9.98. The van der Waals surface area contributed by atoms with E-state index in [-0.39, 0.29) is 6.10 Å². The SMILES string of the molecule is CN=C(NCCCSc1ccccc1)N1CCOC(c2cnn(C)c2)C1. The third-order valence-electron chi connectivity index (χ3n) is 4.29. The highest BCUT2D eigenvalue weighted by atomic mass is 32.2. The molecule has 140 valence electrons. The van der Waals surface area contributed by atoms with Crippen LogP contribution in [0.15, 0.2) is 52.6 Å². The summed E-state index contributed by atoms with van der Waals surface area (Å²) >= 11 is 1.89. The molecule has 0 saturated carbocycles. The van der Waals surface area contributed by atoms with Crippen molar-refractivity contribution in [3.63, 3.8) is 0 Å². The molecule has 0 aliphatic carbocycles. The largest absolute Gasteiger partial charge is 0.370 e. The summed E-state index contributed by atoms with van der Waals surface area (Å²) in [5.41, 5.74) is 1.12. The zero-order valence-electron chi connectivity index (χ0n) is 15.5. The van der Waals surface area contributed by atoms with Crippen molar-refractivity contribution in [1.29, 1.82) is 0 Å². The van der Waals surface area contributed by atoms with E-state index >= 15 is 0 Å². The fraction of sp³-hybridized carbons (Fsp3) is 0.474. The Morgan fingerprint density at radius 3 is 2.96 bits per heavy atom. The molecule has 26 heavy (non-hydrogen) atoms. The fourth-order valence-corrected chi connectivity index (χ4v) is 3.84. The van der Waals surface area contributed by atoms with Crippen molar-refractivity contribution >= 4 is 17.7 Å². The zero-order valence-corrected chi connectivity index (χ0v) is 16.3. The van der Waals surface area contributed by atoms with Gasteiger partial charge in [-0.1, -0.05) is 18.2 Å². The number of thioether (sulfide) groups is 1. The molecule has 2 aromatic rings. The van der Waals surface area contributed by atoms with Crippen molar-refractivity contribution in [2.45, 2.75) is 17.4 Å². The van der Waals surface area contributed by atoms with Gasteiger partial charge in [0.15, 0.2) is 5.96 Å². The second-order valence-electron chi connectivity index (χ2n) is 6.24. The summed E-state index contributed by atoms with van der Waals surface area (Å²) in [5, 5.41) is 7.74. The molecule has 1 unspecified atom stereocenters. The summed E-state index contributed by atoms with van der Waals surface area (Å²) < 4.78 is 7.73. The number of nitrogens with zero attached hydrogens (tertiary/aromatic N) is 4. The third kappa shape index (κ3) is 5.25. The molecule has 1 aromatic heterocycles. The maximum atomic E-state index is 5.91. The molecule has 1 saturated heterocycles. The Kier molecular flexibility index (Phi) is 6.96. The zero-order chi connectivity index (χ0) is 18.2. The number of nitrogens with one attached hydrogen (secondary N) is 1. The lowest BCUT2D eigenvalue weighted by Gasteiger charge is -2.34. The number of rotatable bonds is 6. The van der Waals surface area contributed by atoms with Gasteiger partial charge in [0.1, 0.15) is 6.10 Å². The average Bonchev–Trinajstić information content (AvgIpc) is 3.12. The Hall–Kier alpha value is -1.99. The Bertz CT molecular complexity index is 703. The Morgan fingerprint density at radius 1 is 1.38 bits per heavy atom. The molecular weight excluding hydrogens is 346 g/mol. The van der Waals surface area contributed by atoms with E-state index in [1.54, 1.807) is 0 Å². The molecule has 1 fully saturated rings. The van der Waals surface area contributed by atoms with E-state index in [1.165, 1.54) is 4.90 Å². The summed E-state index contributed by atoms with van der Waals surface area (Å²) in [7, 11) is 3.77. The van der Waals surface area contributed by atoms with Gasteiger partial charge in [-0.25, -0.2) is 0 Å². The van der Waals surface area contributed by atoms with Gasteiger partial charge in [-0.2, -0.15) is 5.10 Å². The van der Waals surface area contributed by atoms with E-state index in [2.05, 4.69) is 50.6 Å². The maximum absolute atomic E-state index is 5.91. The van der Waals surface area contributed by atoms with E-state index in [4.69, 9.17) is 4.74 Å². The standard InChI is InChI=1S/C19H27N5OS/c1-20-19(21-9-6-12-26-17-7-4-3-5-8-17)24-10-11-25-18(15-24)16-13-22-23(2)14-16/h3-5,7-8,13-14,18H,6,9-12,15H2,1-2H3,(H,20,21). The van der Waals surface area contributed by atoms with Crippen molar-refractivity contribution in [2.24, 2.45) is 12.0 Å². The minimum Gasteiger partial charge on any atom is -0.370 e. The van der Waals surface area contributed by atoms with E-state index < -0.39 is 0 Å². The number of ether oxygens (including phenoxy) is 1. The molecule has 1 aromatic carbocycles. The van der Waals surface area contributed by atoms with Crippen LogP contribution in [0, 0.1) is 0 Å². The number of guanidine groups is 1. The summed E-state index contributed by atoms with van der Waals surface area (Å²) in [6.07, 6.45) is 5.04. The van der Waals surface area contributed by atoms with Crippen LogP contribution in [-0.4, -0.2) is 59.7 Å². The Labute approximate surface area is 159 Å². The molecule has 1 aliphatic heterocycles. The van der Waals surface area contributed by atoms with Crippen LogP contribution in [0.5, 0.6) is 0 Å². The van der Waals surface area contributed by atoms with Crippen molar-refractivity contribution in [2.75, 3.05) is 39.0 Å². The van der Waals surface area contributed by atoms with Gasteiger partial charge >= 0.3 is 0 Å². The molecule has 1 aliphatic rings. The number of aryl methyl sites for hydroxylation is 1. The first-order chi connectivity index (χ1) is 12.8. The normalized spacial score (nSPS) is 18.2. The number of aromatic nitrogens is 2. The highest BCUT2D eigenvalue weighted by Crippen LogP contribution is 2.21. The number of hydrogen-bond donors (Lipinski definition) is 1. The monoisotopic (exact) mass is 373 g/mol. The van der Waals surface area contributed by atoms with Gasteiger partial charge in [-0.15, -0.1) is 11.8 Å². The van der Waals surface area contributed by atoms with Crippen molar-refractivity contribution < 1.29 is 4.74 Å². The van der Waals surface area contributed by atoms with Crippen LogP contribution >= 0.6 is 11.8 Å². The smallest absolute Gasteiger partial charge is 0.193 e. The van der Waals surface area contributed by atoms with Crippen LogP contribution in [-0.2, 0) is 11.8 Å². The van der Waals surface area contributed by atoms with Gasteiger partial charge in [0.05, 0.1) is 19.3 Å². The molecule has 0 amide bonds. The van der Waals surface area contributed by atoms with Crippen LogP contribution in [0.4, 0.5) is 0 Å². The van der Waals surface area contributed by atoms with E-state index in [0.717, 1.165) is 43.3 Å². The van der Waals surface area contributed by atoms with Crippen LogP contribution in [0.25, 0.3) is 0 Å². The average molecular weight is 374 g/mol. The quantitative estimate of drug-likeness (QED) is 0.365. The summed E-state index contributed by atoms with van der Waals surface area (Å²) in [5.74, 6) is 2.04. The molecule has 1 N–H and O–H groups in total. The predicted octanol–water partition coefficient (Wildman–Crippen LogP) is 2.55. The van der Waals surface area contributed by atoms with Crippen LogP contribution < -0.4 is 5.32 Å². The molecular formula is C19H27N5OS. The van der Waals surface area contributed by atoms with Gasteiger partial charge in [-0.3, -0.25) is 9.67 Å². The number of morpholine rings is 1. The first-order valence-electron chi connectivity index (χ1n) is 9.00. The lowest BCUT2D eigenvalue weighted by Crippen LogP contribution is -2.48. The molecule has 0 spiro atoms. The topological polar surface area (TPSA) is 54.7 Å². The number of aliphatic imine (C=N–C) groups is 1. The van der Waals surface area contributed by atoms with E-state index in [9.17, 15) is 0 Å². The molecule has 3 rings (SSSR count). The van der Waals surface area contributed by atoms with Crippen LogP contribution in [0.3, 0.4) is 0 Å². The summed E-state index contributed by atoms with van der Waals surface area (Å²) in [4.78, 5) is 8.04. The molecule has 7 heteroatoms. The molecule has 1 atom stereocenters. The summed E-state index contributed by atoms with van der Waals surface area (Å²) in [6, 6.07) is 10.5.